The molecular weight excluding hydrogens is 414 g/mol. The standard InChI is InChI=1S/C23H29N3O4S/c27-23(25-14-12-24(13-15-25)11-10-20-6-2-1-3-7-20)21-8-4-5-9-22(21)31(28,29)26-16-18-30-19-17-26/h1-9H,10-19H2. The van der Waals surface area contributed by atoms with Gasteiger partial charge < -0.3 is 9.64 Å². The molecule has 4 rings (SSSR count). The van der Waals surface area contributed by atoms with Gasteiger partial charge in [0.25, 0.3) is 5.91 Å². The maximum absolute atomic E-state index is 13.2. The molecule has 0 atom stereocenters. The van der Waals surface area contributed by atoms with E-state index in [9.17, 15) is 13.2 Å². The van der Waals surface area contributed by atoms with Crippen molar-refractivity contribution in [1.29, 1.82) is 0 Å². The normalized spacial score (nSPS) is 18.8. The van der Waals surface area contributed by atoms with Crippen LogP contribution < -0.4 is 0 Å². The molecule has 0 aliphatic carbocycles. The predicted molar refractivity (Wildman–Crippen MR) is 119 cm³/mol. The summed E-state index contributed by atoms with van der Waals surface area (Å²) in [5, 5.41) is 0. The first-order chi connectivity index (χ1) is 15.1. The summed E-state index contributed by atoms with van der Waals surface area (Å²) < 4.78 is 33.0. The number of hydrogen-bond acceptors (Lipinski definition) is 5. The molecule has 2 saturated heterocycles. The summed E-state index contributed by atoms with van der Waals surface area (Å²) in [6.07, 6.45) is 0.982. The van der Waals surface area contributed by atoms with Gasteiger partial charge in [0.05, 0.1) is 23.7 Å². The SMILES string of the molecule is O=C(c1ccccc1S(=O)(=O)N1CCOCC1)N1CCN(CCc2ccccc2)CC1. The highest BCUT2D eigenvalue weighted by molar-refractivity contribution is 7.89. The smallest absolute Gasteiger partial charge is 0.255 e. The molecule has 2 aliphatic heterocycles. The molecule has 2 aromatic carbocycles. The van der Waals surface area contributed by atoms with Crippen LogP contribution in [0.1, 0.15) is 15.9 Å². The third-order valence-corrected chi connectivity index (χ3v) is 7.88. The molecule has 1 amide bonds. The van der Waals surface area contributed by atoms with Gasteiger partial charge >= 0.3 is 0 Å². The van der Waals surface area contributed by atoms with Crippen LogP contribution in [0.5, 0.6) is 0 Å². The highest BCUT2D eigenvalue weighted by Gasteiger charge is 2.32. The minimum Gasteiger partial charge on any atom is -0.379 e. The predicted octanol–water partition coefficient (Wildman–Crippen LogP) is 1.71. The summed E-state index contributed by atoms with van der Waals surface area (Å²) in [5.41, 5.74) is 1.56. The van der Waals surface area contributed by atoms with Gasteiger partial charge in [-0.1, -0.05) is 42.5 Å². The Labute approximate surface area is 184 Å². The zero-order valence-corrected chi connectivity index (χ0v) is 18.5. The number of carbonyl (C=O) groups excluding carboxylic acids is 1. The summed E-state index contributed by atoms with van der Waals surface area (Å²) in [5.74, 6) is -0.213. The Hall–Kier alpha value is -2.26. The van der Waals surface area contributed by atoms with Crippen LogP contribution in [-0.4, -0.2) is 87.5 Å². The lowest BCUT2D eigenvalue weighted by molar-refractivity contribution is 0.0633. The van der Waals surface area contributed by atoms with Gasteiger partial charge in [0.2, 0.25) is 10.0 Å². The second-order valence-electron chi connectivity index (χ2n) is 7.88. The monoisotopic (exact) mass is 443 g/mol. The van der Waals surface area contributed by atoms with Crippen molar-refractivity contribution < 1.29 is 17.9 Å². The number of nitrogens with zero attached hydrogens (tertiary/aromatic N) is 3. The van der Waals surface area contributed by atoms with Gasteiger partial charge in [-0.25, -0.2) is 8.42 Å². The van der Waals surface area contributed by atoms with Gasteiger partial charge in [0.15, 0.2) is 0 Å². The van der Waals surface area contributed by atoms with E-state index in [0.717, 1.165) is 26.1 Å². The van der Waals surface area contributed by atoms with Gasteiger partial charge in [-0.15, -0.1) is 0 Å². The second-order valence-corrected chi connectivity index (χ2v) is 9.79. The average molecular weight is 444 g/mol. The van der Waals surface area contributed by atoms with Gasteiger partial charge in [0, 0.05) is 45.8 Å². The van der Waals surface area contributed by atoms with E-state index in [0.29, 0.717) is 39.4 Å². The van der Waals surface area contributed by atoms with Gasteiger partial charge in [0.1, 0.15) is 0 Å². The summed E-state index contributed by atoms with van der Waals surface area (Å²) in [7, 11) is -3.73. The van der Waals surface area contributed by atoms with Crippen LogP contribution in [0.25, 0.3) is 0 Å². The number of hydrogen-bond donors (Lipinski definition) is 0. The van der Waals surface area contributed by atoms with E-state index in [4.69, 9.17) is 4.74 Å². The lowest BCUT2D eigenvalue weighted by atomic mass is 10.1. The van der Waals surface area contributed by atoms with Gasteiger partial charge in [-0.3, -0.25) is 9.69 Å². The third kappa shape index (κ3) is 5.15. The van der Waals surface area contributed by atoms with Crippen LogP contribution >= 0.6 is 0 Å². The maximum Gasteiger partial charge on any atom is 0.255 e. The molecule has 2 fully saturated rings. The zero-order valence-electron chi connectivity index (χ0n) is 17.7. The van der Waals surface area contributed by atoms with Crippen molar-refractivity contribution in [3.63, 3.8) is 0 Å². The fraction of sp³-hybridized carbons (Fsp3) is 0.435. The fourth-order valence-electron chi connectivity index (χ4n) is 4.07. The minimum atomic E-state index is -3.73. The summed E-state index contributed by atoms with van der Waals surface area (Å²) >= 11 is 0. The third-order valence-electron chi connectivity index (χ3n) is 5.92. The van der Waals surface area contributed by atoms with E-state index in [1.54, 1.807) is 23.1 Å². The number of ether oxygens (including phenoxy) is 1. The Morgan fingerprint density at radius 1 is 0.839 bits per heavy atom. The second kappa shape index (κ2) is 9.91. The van der Waals surface area contributed by atoms with Crippen LogP contribution in [-0.2, 0) is 21.2 Å². The summed E-state index contributed by atoms with van der Waals surface area (Å²) in [6, 6.07) is 16.9. The first kappa shape index (κ1) is 22.0. The lowest BCUT2D eigenvalue weighted by Crippen LogP contribution is -2.49. The van der Waals surface area contributed by atoms with E-state index in [1.807, 2.05) is 18.2 Å². The van der Waals surface area contributed by atoms with Gasteiger partial charge in [-0.05, 0) is 24.1 Å². The molecule has 8 heteroatoms. The molecule has 0 bridgehead atoms. The zero-order chi connectivity index (χ0) is 21.7. The number of amides is 1. The summed E-state index contributed by atoms with van der Waals surface area (Å²) in [4.78, 5) is 17.5. The van der Waals surface area contributed by atoms with E-state index in [1.165, 1.54) is 15.9 Å². The van der Waals surface area contributed by atoms with Crippen LogP contribution in [0.4, 0.5) is 0 Å². The number of morpholine rings is 1. The van der Waals surface area contributed by atoms with E-state index < -0.39 is 10.0 Å². The molecule has 2 aliphatic rings. The lowest BCUT2D eigenvalue weighted by Gasteiger charge is -2.35. The highest BCUT2D eigenvalue weighted by Crippen LogP contribution is 2.23. The van der Waals surface area contributed by atoms with Crippen LogP contribution in [0.15, 0.2) is 59.5 Å². The quantitative estimate of drug-likeness (QED) is 0.680. The topological polar surface area (TPSA) is 70.2 Å². The Balaban J connectivity index is 1.40. The molecule has 0 unspecified atom stereocenters. The number of benzene rings is 2. The van der Waals surface area contributed by atoms with Crippen LogP contribution in [0.3, 0.4) is 0 Å². The largest absolute Gasteiger partial charge is 0.379 e. The van der Waals surface area contributed by atoms with E-state index in [2.05, 4.69) is 17.0 Å². The maximum atomic E-state index is 13.2. The van der Waals surface area contributed by atoms with Crippen molar-refractivity contribution in [2.45, 2.75) is 11.3 Å². The average Bonchev–Trinajstić information content (AvgIpc) is 2.84. The summed E-state index contributed by atoms with van der Waals surface area (Å²) in [6.45, 7) is 5.09. The molecule has 0 N–H and O–H groups in total. The number of carbonyl (C=O) groups is 1. The first-order valence-corrected chi connectivity index (χ1v) is 12.2. The molecule has 0 spiro atoms. The number of piperazine rings is 1. The molecule has 0 aromatic heterocycles. The Morgan fingerprint density at radius 3 is 2.19 bits per heavy atom. The van der Waals surface area contributed by atoms with Crippen molar-refractivity contribution in [1.82, 2.24) is 14.1 Å². The molecule has 0 radical (unpaired) electrons. The van der Waals surface area contributed by atoms with Crippen LogP contribution in [0, 0.1) is 0 Å². The fourth-order valence-corrected chi connectivity index (χ4v) is 5.66. The molecule has 31 heavy (non-hydrogen) atoms. The van der Waals surface area contributed by atoms with Crippen molar-refractivity contribution in [3.8, 4) is 0 Å². The van der Waals surface area contributed by atoms with Gasteiger partial charge in [-0.2, -0.15) is 4.31 Å². The molecule has 0 saturated carbocycles. The van der Waals surface area contributed by atoms with E-state index in [-0.39, 0.29) is 16.4 Å². The van der Waals surface area contributed by atoms with Crippen molar-refractivity contribution >= 4 is 15.9 Å². The molecule has 2 aromatic rings. The number of rotatable bonds is 6. The van der Waals surface area contributed by atoms with E-state index >= 15 is 0 Å². The number of sulfonamides is 1. The molecular formula is C23H29N3O4S. The Kier molecular flexibility index (Phi) is 7.02. The van der Waals surface area contributed by atoms with Crippen molar-refractivity contribution in [3.05, 3.63) is 65.7 Å². The first-order valence-electron chi connectivity index (χ1n) is 10.8. The molecule has 166 valence electrons. The van der Waals surface area contributed by atoms with Crippen molar-refractivity contribution in [2.24, 2.45) is 0 Å². The van der Waals surface area contributed by atoms with Crippen molar-refractivity contribution in [2.75, 3.05) is 59.0 Å². The minimum absolute atomic E-state index is 0.0911. The van der Waals surface area contributed by atoms with Crippen LogP contribution in [0.2, 0.25) is 0 Å². The molecule has 2 heterocycles. The molecule has 7 nitrogen and oxygen atoms in total. The highest BCUT2D eigenvalue weighted by atomic mass is 32.2. The Bertz CT molecular complexity index is 983. The Morgan fingerprint density at radius 2 is 1.48 bits per heavy atom.